The van der Waals surface area contributed by atoms with E-state index in [0.717, 1.165) is 12.0 Å². The highest BCUT2D eigenvalue weighted by Gasteiger charge is 2.16. The van der Waals surface area contributed by atoms with E-state index in [-0.39, 0.29) is 25.1 Å². The molecule has 0 aliphatic rings. The van der Waals surface area contributed by atoms with Crippen molar-refractivity contribution in [1.29, 1.82) is 0 Å². The number of rotatable bonds is 9. The normalized spacial score (nSPS) is 12.0. The highest BCUT2D eigenvalue weighted by Crippen LogP contribution is 2.19. The van der Waals surface area contributed by atoms with E-state index in [0.29, 0.717) is 12.3 Å². The predicted octanol–water partition coefficient (Wildman–Crippen LogP) is 3.13. The molecule has 122 valence electrons. The first-order valence-corrected chi connectivity index (χ1v) is 7.43. The molecule has 22 heavy (non-hydrogen) atoms. The van der Waals surface area contributed by atoms with Crippen LogP contribution in [0, 0.1) is 16.0 Å². The van der Waals surface area contributed by atoms with Crippen LogP contribution in [0.5, 0.6) is 0 Å². The van der Waals surface area contributed by atoms with E-state index in [1.165, 1.54) is 5.56 Å². The van der Waals surface area contributed by atoms with E-state index in [9.17, 15) is 14.9 Å². The second-order valence-electron chi connectivity index (χ2n) is 5.64. The maximum absolute atomic E-state index is 11.9. The Balaban J connectivity index is 2.40. The molecule has 0 radical (unpaired) electrons. The number of benzene rings is 1. The van der Waals surface area contributed by atoms with Crippen LogP contribution < -0.4 is 0 Å². The van der Waals surface area contributed by atoms with Crippen LogP contribution in [0.25, 0.3) is 0 Å². The lowest BCUT2D eigenvalue weighted by Gasteiger charge is -2.13. The van der Waals surface area contributed by atoms with Crippen molar-refractivity contribution >= 4 is 5.97 Å². The Morgan fingerprint density at radius 1 is 1.18 bits per heavy atom. The van der Waals surface area contributed by atoms with Crippen molar-refractivity contribution in [3.63, 3.8) is 0 Å². The Bertz CT molecular complexity index is 484. The molecule has 0 heterocycles. The number of hydrogen-bond donors (Lipinski definition) is 0. The molecule has 1 aromatic rings. The Labute approximate surface area is 130 Å². The molecule has 0 aliphatic heterocycles. The first-order chi connectivity index (χ1) is 10.4. The monoisotopic (exact) mass is 309 g/mol. The molecule has 0 amide bonds. The average molecular weight is 309 g/mol. The van der Waals surface area contributed by atoms with Crippen molar-refractivity contribution < 1.29 is 19.5 Å². The highest BCUT2D eigenvalue weighted by atomic mass is 16.9. The summed E-state index contributed by atoms with van der Waals surface area (Å²) in [5, 5.41) is 9.10. The molecule has 6 nitrogen and oxygen atoms in total. The van der Waals surface area contributed by atoms with Gasteiger partial charge in [-0.05, 0) is 30.4 Å². The van der Waals surface area contributed by atoms with Crippen molar-refractivity contribution in [1.82, 2.24) is 0 Å². The third kappa shape index (κ3) is 6.56. The molecule has 0 spiro atoms. The van der Waals surface area contributed by atoms with Gasteiger partial charge in [-0.3, -0.25) is 4.79 Å². The number of hydrogen-bond acceptors (Lipinski definition) is 5. The van der Waals surface area contributed by atoms with Crippen LogP contribution in [-0.2, 0) is 20.8 Å². The second-order valence-corrected chi connectivity index (χ2v) is 5.64. The summed E-state index contributed by atoms with van der Waals surface area (Å²) in [5.74, 6) is -0.100. The lowest BCUT2D eigenvalue weighted by molar-refractivity contribution is -0.757. The van der Waals surface area contributed by atoms with E-state index >= 15 is 0 Å². The molecule has 1 aromatic carbocycles. The van der Waals surface area contributed by atoms with Crippen LogP contribution in [0.3, 0.4) is 0 Å². The first-order valence-electron chi connectivity index (χ1n) is 7.43. The Hall–Kier alpha value is -2.11. The maximum atomic E-state index is 11.9. The van der Waals surface area contributed by atoms with Crippen LogP contribution in [-0.4, -0.2) is 24.3 Å². The van der Waals surface area contributed by atoms with Gasteiger partial charge in [0.2, 0.25) is 0 Å². The summed E-state index contributed by atoms with van der Waals surface area (Å²) in [7, 11) is 0. The number of esters is 1. The molecular formula is C16H23NO5. The fraction of sp³-hybridized carbons (Fsp3) is 0.562. The molecule has 6 heteroatoms. The number of nitrogens with zero attached hydrogens (tertiary/aromatic N) is 1. The molecule has 0 aliphatic carbocycles. The molecule has 0 saturated carbocycles. The van der Waals surface area contributed by atoms with Gasteiger partial charge in [-0.1, -0.05) is 38.1 Å². The minimum absolute atomic E-state index is 0.0709. The Kier molecular flexibility index (Phi) is 7.36. The summed E-state index contributed by atoms with van der Waals surface area (Å²) in [6.45, 7) is 6.15. The smallest absolute Gasteiger partial charge is 0.313 e. The summed E-state index contributed by atoms with van der Waals surface area (Å²) < 4.78 is 5.09. The van der Waals surface area contributed by atoms with E-state index in [2.05, 4.69) is 18.7 Å². The van der Waals surface area contributed by atoms with Gasteiger partial charge in [-0.2, -0.15) is 0 Å². The van der Waals surface area contributed by atoms with E-state index in [1.807, 2.05) is 24.3 Å². The van der Waals surface area contributed by atoms with E-state index in [4.69, 9.17) is 4.74 Å². The van der Waals surface area contributed by atoms with Crippen LogP contribution in [0.2, 0.25) is 0 Å². The van der Waals surface area contributed by atoms with Gasteiger partial charge in [0.1, 0.15) is 0 Å². The molecule has 0 aromatic heterocycles. The second kappa shape index (κ2) is 9.02. The fourth-order valence-corrected chi connectivity index (χ4v) is 2.05. The topological polar surface area (TPSA) is 78.7 Å². The van der Waals surface area contributed by atoms with Crippen molar-refractivity contribution in [3.8, 4) is 0 Å². The summed E-state index contributed by atoms with van der Waals surface area (Å²) in [6, 6.07) is 7.95. The molecule has 1 rings (SSSR count). The highest BCUT2D eigenvalue weighted by molar-refractivity contribution is 5.77. The lowest BCUT2D eigenvalue weighted by atomic mass is 9.97. The molecular weight excluding hydrogens is 286 g/mol. The van der Waals surface area contributed by atoms with E-state index in [1.54, 1.807) is 6.92 Å². The predicted molar refractivity (Wildman–Crippen MR) is 81.9 cm³/mol. The maximum Gasteiger partial charge on any atom is 0.313 e. The van der Waals surface area contributed by atoms with Gasteiger partial charge in [0.05, 0.1) is 19.1 Å². The summed E-state index contributed by atoms with van der Waals surface area (Å²) in [4.78, 5) is 26.0. The van der Waals surface area contributed by atoms with Gasteiger partial charge in [0, 0.05) is 6.42 Å². The molecule has 0 unspecified atom stereocenters. The zero-order valence-corrected chi connectivity index (χ0v) is 13.3. The molecule has 0 fully saturated rings. The lowest BCUT2D eigenvalue weighted by Crippen LogP contribution is -2.15. The van der Waals surface area contributed by atoms with Crippen LogP contribution in [0.1, 0.15) is 44.2 Å². The Morgan fingerprint density at radius 2 is 1.82 bits per heavy atom. The van der Waals surface area contributed by atoms with Gasteiger partial charge in [0.15, 0.2) is 0 Å². The van der Waals surface area contributed by atoms with E-state index < -0.39 is 5.09 Å². The largest absolute Gasteiger partial charge is 0.465 e. The summed E-state index contributed by atoms with van der Waals surface area (Å²) in [6.07, 6.45) is 1.31. The average Bonchev–Trinajstić information content (AvgIpc) is 2.45. The third-order valence-electron chi connectivity index (χ3n) is 3.21. The molecule has 1 atom stereocenters. The number of carbonyl (C=O) groups excluding carboxylic acids is 1. The SMILES string of the molecule is CC(C)Cc1ccc([C@@H](C)C(=O)OCCCO[N+](=O)[O-])cc1. The Morgan fingerprint density at radius 3 is 2.36 bits per heavy atom. The van der Waals surface area contributed by atoms with Gasteiger partial charge in [-0.25, -0.2) is 0 Å². The van der Waals surface area contributed by atoms with Crippen LogP contribution in [0.4, 0.5) is 0 Å². The minimum Gasteiger partial charge on any atom is -0.465 e. The number of carbonyl (C=O) groups is 1. The zero-order chi connectivity index (χ0) is 16.5. The van der Waals surface area contributed by atoms with Crippen LogP contribution >= 0.6 is 0 Å². The quantitative estimate of drug-likeness (QED) is 0.303. The minimum atomic E-state index is -0.858. The molecule has 0 N–H and O–H groups in total. The van der Waals surface area contributed by atoms with Gasteiger partial charge < -0.3 is 9.57 Å². The molecule has 0 bridgehead atoms. The van der Waals surface area contributed by atoms with Crippen LogP contribution in [0.15, 0.2) is 24.3 Å². The zero-order valence-electron chi connectivity index (χ0n) is 13.3. The van der Waals surface area contributed by atoms with Gasteiger partial charge in [0.25, 0.3) is 5.09 Å². The first kappa shape index (κ1) is 17.9. The number of ether oxygens (including phenoxy) is 1. The van der Waals surface area contributed by atoms with Crippen molar-refractivity contribution in [3.05, 3.63) is 45.5 Å². The summed E-state index contributed by atoms with van der Waals surface area (Å²) in [5.41, 5.74) is 2.15. The van der Waals surface area contributed by atoms with Crippen molar-refractivity contribution in [2.75, 3.05) is 13.2 Å². The third-order valence-corrected chi connectivity index (χ3v) is 3.21. The standard InChI is InChI=1S/C16H23NO5/c1-12(2)11-14-5-7-15(8-6-14)13(3)16(18)21-9-4-10-22-17(19)20/h5-8,12-13H,4,9-11H2,1-3H3/t13-/m1/s1. The van der Waals surface area contributed by atoms with Crippen molar-refractivity contribution in [2.45, 2.75) is 39.5 Å². The van der Waals surface area contributed by atoms with Crippen molar-refractivity contribution in [2.24, 2.45) is 5.92 Å². The van der Waals surface area contributed by atoms with Gasteiger partial charge in [-0.15, -0.1) is 10.1 Å². The fourth-order valence-electron chi connectivity index (χ4n) is 2.05. The van der Waals surface area contributed by atoms with Gasteiger partial charge >= 0.3 is 5.97 Å². The summed E-state index contributed by atoms with van der Waals surface area (Å²) >= 11 is 0. The molecule has 0 saturated heterocycles.